The standard InChI is InChI=1S/C12H20N4O8S/c1-2-24-12(23)25-5-7(9(19)14-4-8(17)18)16-11(22)15-3-6(13)10(20)21/h6-7H,2-5,13H2,1H3,(H,14,19)(H,17,18)(H,20,21)(H2,15,16,22)/t6-,7-/m0/s1. The predicted molar refractivity (Wildman–Crippen MR) is 86.1 cm³/mol. The number of carbonyl (C=O) groups excluding carboxylic acids is 3. The number of aliphatic carboxylic acids is 2. The summed E-state index contributed by atoms with van der Waals surface area (Å²) in [7, 11) is 0. The number of rotatable bonds is 10. The summed E-state index contributed by atoms with van der Waals surface area (Å²) in [5.41, 5.74) is 5.22. The van der Waals surface area contributed by atoms with Crippen LogP contribution in [-0.2, 0) is 19.1 Å². The summed E-state index contributed by atoms with van der Waals surface area (Å²) in [6.07, 6.45) is 0. The molecule has 0 aliphatic heterocycles. The summed E-state index contributed by atoms with van der Waals surface area (Å²) in [5.74, 6) is -3.67. The van der Waals surface area contributed by atoms with E-state index in [1.165, 1.54) is 0 Å². The van der Waals surface area contributed by atoms with Crippen LogP contribution in [0.5, 0.6) is 0 Å². The molecule has 0 saturated heterocycles. The predicted octanol–water partition coefficient (Wildman–Crippen LogP) is -1.84. The Labute approximate surface area is 146 Å². The number of carbonyl (C=O) groups is 5. The van der Waals surface area contributed by atoms with Gasteiger partial charge in [0.2, 0.25) is 5.91 Å². The Hall–Kier alpha value is -2.54. The molecule has 0 spiro atoms. The summed E-state index contributed by atoms with van der Waals surface area (Å²) in [6.45, 7) is 0.651. The van der Waals surface area contributed by atoms with Crippen molar-refractivity contribution in [1.82, 2.24) is 16.0 Å². The van der Waals surface area contributed by atoms with Gasteiger partial charge in [0.1, 0.15) is 18.6 Å². The summed E-state index contributed by atoms with van der Waals surface area (Å²) in [5, 5.41) is 22.9. The van der Waals surface area contributed by atoms with Gasteiger partial charge in [-0.1, -0.05) is 0 Å². The van der Waals surface area contributed by atoms with Crippen molar-refractivity contribution in [3.8, 4) is 0 Å². The monoisotopic (exact) mass is 380 g/mol. The van der Waals surface area contributed by atoms with E-state index in [4.69, 9.17) is 15.9 Å². The maximum absolute atomic E-state index is 11.9. The molecule has 3 amide bonds. The molecule has 0 bridgehead atoms. The fourth-order valence-corrected chi connectivity index (χ4v) is 2.02. The Balaban J connectivity index is 4.66. The Bertz CT molecular complexity index is 515. The van der Waals surface area contributed by atoms with E-state index >= 15 is 0 Å². The van der Waals surface area contributed by atoms with Crippen molar-refractivity contribution >= 4 is 40.9 Å². The zero-order chi connectivity index (χ0) is 19.4. The van der Waals surface area contributed by atoms with Crippen molar-refractivity contribution in [3.63, 3.8) is 0 Å². The van der Waals surface area contributed by atoms with E-state index < -0.39 is 54.4 Å². The lowest BCUT2D eigenvalue weighted by molar-refractivity contribution is -0.138. The van der Waals surface area contributed by atoms with E-state index in [1.54, 1.807) is 6.92 Å². The van der Waals surface area contributed by atoms with E-state index in [0.29, 0.717) is 11.8 Å². The van der Waals surface area contributed by atoms with Crippen molar-refractivity contribution in [3.05, 3.63) is 0 Å². The molecule has 0 aromatic rings. The first-order valence-electron chi connectivity index (χ1n) is 6.99. The molecule has 0 radical (unpaired) electrons. The number of nitrogens with two attached hydrogens (primary N) is 1. The zero-order valence-corrected chi connectivity index (χ0v) is 14.1. The Morgan fingerprint density at radius 1 is 1.16 bits per heavy atom. The molecule has 0 aliphatic carbocycles. The first kappa shape index (κ1) is 22.5. The van der Waals surface area contributed by atoms with Gasteiger partial charge in [-0.2, -0.15) is 0 Å². The van der Waals surface area contributed by atoms with Crippen LogP contribution in [0, 0.1) is 0 Å². The van der Waals surface area contributed by atoms with E-state index in [1.807, 2.05) is 0 Å². The number of urea groups is 1. The second-order valence-electron chi connectivity index (χ2n) is 4.46. The minimum atomic E-state index is -1.33. The van der Waals surface area contributed by atoms with Crippen LogP contribution in [0.25, 0.3) is 0 Å². The minimum absolute atomic E-state index is 0.128. The number of thioether (sulfide) groups is 1. The molecule has 142 valence electrons. The Morgan fingerprint density at radius 2 is 1.80 bits per heavy atom. The van der Waals surface area contributed by atoms with Crippen LogP contribution in [0.4, 0.5) is 9.59 Å². The second-order valence-corrected chi connectivity index (χ2v) is 5.41. The van der Waals surface area contributed by atoms with E-state index in [-0.39, 0.29) is 12.4 Å². The fraction of sp³-hybridized carbons (Fsp3) is 0.583. The van der Waals surface area contributed by atoms with Crippen LogP contribution in [0.15, 0.2) is 0 Å². The highest BCUT2D eigenvalue weighted by Gasteiger charge is 2.23. The van der Waals surface area contributed by atoms with Crippen molar-refractivity contribution in [2.24, 2.45) is 5.73 Å². The highest BCUT2D eigenvalue weighted by atomic mass is 32.2. The molecule has 0 saturated carbocycles. The molecule has 0 aromatic carbocycles. The minimum Gasteiger partial charge on any atom is -0.480 e. The van der Waals surface area contributed by atoms with Crippen LogP contribution in [0.1, 0.15) is 6.92 Å². The molecule has 13 heteroatoms. The molecule has 0 aromatic heterocycles. The number of hydrogen-bond acceptors (Lipinski definition) is 8. The summed E-state index contributed by atoms with van der Waals surface area (Å²) >= 11 is 0.612. The van der Waals surface area contributed by atoms with Crippen LogP contribution >= 0.6 is 11.8 Å². The van der Waals surface area contributed by atoms with Gasteiger partial charge in [0.25, 0.3) is 0 Å². The second kappa shape index (κ2) is 11.9. The molecule has 25 heavy (non-hydrogen) atoms. The van der Waals surface area contributed by atoms with Crippen molar-refractivity contribution in [1.29, 1.82) is 0 Å². The zero-order valence-electron chi connectivity index (χ0n) is 13.3. The largest absolute Gasteiger partial charge is 0.480 e. The van der Waals surface area contributed by atoms with Gasteiger partial charge >= 0.3 is 23.3 Å². The quantitative estimate of drug-likeness (QED) is 0.234. The molecule has 0 aliphatic rings. The molecule has 2 atom stereocenters. The lowest BCUT2D eigenvalue weighted by Gasteiger charge is -2.18. The van der Waals surface area contributed by atoms with Crippen LogP contribution < -0.4 is 21.7 Å². The first-order valence-corrected chi connectivity index (χ1v) is 7.97. The van der Waals surface area contributed by atoms with Gasteiger partial charge in [0.15, 0.2) is 0 Å². The maximum Gasteiger partial charge on any atom is 0.367 e. The fourth-order valence-electron chi connectivity index (χ4n) is 1.28. The van der Waals surface area contributed by atoms with E-state index in [9.17, 15) is 24.0 Å². The number of ether oxygens (including phenoxy) is 1. The molecular weight excluding hydrogens is 360 g/mol. The van der Waals surface area contributed by atoms with Gasteiger partial charge < -0.3 is 36.6 Å². The molecule has 0 fully saturated rings. The average molecular weight is 380 g/mol. The van der Waals surface area contributed by atoms with Crippen molar-refractivity contribution < 1.29 is 38.9 Å². The third kappa shape index (κ3) is 10.8. The molecule has 12 nitrogen and oxygen atoms in total. The number of hydrogen-bond donors (Lipinski definition) is 6. The maximum atomic E-state index is 11.9. The third-order valence-electron chi connectivity index (χ3n) is 2.47. The van der Waals surface area contributed by atoms with E-state index in [2.05, 4.69) is 20.7 Å². The van der Waals surface area contributed by atoms with Crippen LogP contribution in [-0.4, -0.2) is 76.9 Å². The number of amides is 3. The normalized spacial score (nSPS) is 12.4. The Morgan fingerprint density at radius 3 is 2.32 bits per heavy atom. The number of nitrogens with one attached hydrogen (secondary N) is 3. The lowest BCUT2D eigenvalue weighted by atomic mass is 10.3. The summed E-state index contributed by atoms with van der Waals surface area (Å²) in [4.78, 5) is 56.0. The Kier molecular flexibility index (Phi) is 10.7. The van der Waals surface area contributed by atoms with Crippen molar-refractivity contribution in [2.75, 3.05) is 25.4 Å². The van der Waals surface area contributed by atoms with Gasteiger partial charge in [-0.25, -0.2) is 9.59 Å². The highest BCUT2D eigenvalue weighted by molar-refractivity contribution is 8.13. The topological polar surface area (TPSA) is 197 Å². The average Bonchev–Trinajstić information content (AvgIpc) is 2.54. The number of carboxylic acids is 2. The summed E-state index contributed by atoms with van der Waals surface area (Å²) < 4.78 is 4.67. The van der Waals surface area contributed by atoms with Crippen LogP contribution in [0.3, 0.4) is 0 Å². The highest BCUT2D eigenvalue weighted by Crippen LogP contribution is 2.07. The van der Waals surface area contributed by atoms with Gasteiger partial charge in [0, 0.05) is 12.3 Å². The molecule has 0 rings (SSSR count). The van der Waals surface area contributed by atoms with Gasteiger partial charge in [0.05, 0.1) is 6.61 Å². The van der Waals surface area contributed by atoms with Crippen LogP contribution in [0.2, 0.25) is 0 Å². The molecular formula is C12H20N4O8S. The molecule has 0 unspecified atom stereocenters. The van der Waals surface area contributed by atoms with Gasteiger partial charge in [-0.3, -0.25) is 14.4 Å². The summed E-state index contributed by atoms with van der Waals surface area (Å²) in [6, 6.07) is -3.50. The lowest BCUT2D eigenvalue weighted by Crippen LogP contribution is -2.54. The van der Waals surface area contributed by atoms with E-state index in [0.717, 1.165) is 0 Å². The SMILES string of the molecule is CCOC(=O)SC[C@H](NC(=O)NC[C@H](N)C(=O)O)C(=O)NCC(=O)O. The molecule has 0 heterocycles. The van der Waals surface area contributed by atoms with Gasteiger partial charge in [-0.15, -0.1) is 0 Å². The van der Waals surface area contributed by atoms with Gasteiger partial charge in [-0.05, 0) is 18.7 Å². The smallest absolute Gasteiger partial charge is 0.367 e. The molecule has 7 N–H and O–H groups in total. The van der Waals surface area contributed by atoms with Crippen molar-refractivity contribution in [2.45, 2.75) is 19.0 Å². The third-order valence-corrected chi connectivity index (χ3v) is 3.32. The number of carboxylic acid groups (broad SMARTS) is 2. The first-order chi connectivity index (χ1) is 11.7.